The van der Waals surface area contributed by atoms with Crippen molar-refractivity contribution in [3.05, 3.63) is 204 Å². The van der Waals surface area contributed by atoms with Crippen molar-refractivity contribution >= 4 is 64.6 Å². The normalized spacial score (nSPS) is 13.2. The third-order valence-electron chi connectivity index (χ3n) is 15.1. The Morgan fingerprint density at radius 3 is 1.27 bits per heavy atom. The Labute approximate surface area is 387 Å². The highest BCUT2D eigenvalue weighted by Crippen LogP contribution is 2.51. The van der Waals surface area contributed by atoms with Gasteiger partial charge < -0.3 is 0 Å². The van der Waals surface area contributed by atoms with Crippen LogP contribution in [0, 0.1) is 0 Å². The Balaban J connectivity index is 1.01. The van der Waals surface area contributed by atoms with Gasteiger partial charge in [0.2, 0.25) is 0 Å². The number of aryl methyl sites for hydroxylation is 2. The first-order valence-electron chi connectivity index (χ1n) is 23.9. The molecule has 316 valence electrons. The molecule has 0 spiro atoms. The molecule has 0 fully saturated rings. The minimum atomic E-state index is -0.00772. The van der Waals surface area contributed by atoms with Crippen molar-refractivity contribution in [3.8, 4) is 55.6 Å². The number of hydrogen-bond acceptors (Lipinski definition) is 0. The summed E-state index contributed by atoms with van der Waals surface area (Å²) in [7, 11) is 0. The van der Waals surface area contributed by atoms with Crippen LogP contribution in [0.3, 0.4) is 0 Å². The Bertz CT molecular complexity index is 3890. The van der Waals surface area contributed by atoms with Gasteiger partial charge in [-0.25, -0.2) is 0 Å². The van der Waals surface area contributed by atoms with Gasteiger partial charge in [-0.2, -0.15) is 0 Å². The highest BCUT2D eigenvalue weighted by molar-refractivity contribution is 6.33. The first kappa shape index (κ1) is 39.1. The van der Waals surface area contributed by atoms with E-state index in [0.717, 1.165) is 12.8 Å². The summed E-state index contributed by atoms with van der Waals surface area (Å²) in [6.45, 7) is 13.9. The molecule has 0 saturated heterocycles. The Morgan fingerprint density at radius 1 is 0.288 bits per heavy atom. The van der Waals surface area contributed by atoms with Crippen LogP contribution in [0.5, 0.6) is 0 Å². The summed E-state index contributed by atoms with van der Waals surface area (Å²) < 4.78 is 0. The Hall–Kier alpha value is -7.28. The molecule has 0 N–H and O–H groups in total. The fourth-order valence-corrected chi connectivity index (χ4v) is 11.7. The maximum atomic E-state index is 2.51. The summed E-state index contributed by atoms with van der Waals surface area (Å²) in [6.07, 6.45) is 2.10. The van der Waals surface area contributed by atoms with Gasteiger partial charge in [0.25, 0.3) is 0 Å². The summed E-state index contributed by atoms with van der Waals surface area (Å²) in [6, 6.07) is 70.2. The van der Waals surface area contributed by atoms with Gasteiger partial charge in [-0.1, -0.05) is 205 Å². The largest absolute Gasteiger partial charge is 0.0622 e. The third-order valence-corrected chi connectivity index (χ3v) is 15.1. The first-order valence-corrected chi connectivity index (χ1v) is 23.9. The molecule has 1 aliphatic rings. The Morgan fingerprint density at radius 2 is 0.712 bits per heavy atom. The van der Waals surface area contributed by atoms with Crippen molar-refractivity contribution in [2.24, 2.45) is 0 Å². The summed E-state index contributed by atoms with van der Waals surface area (Å²) in [5, 5.41) is 16.0. The predicted molar refractivity (Wildman–Crippen MR) is 286 cm³/mol. The van der Waals surface area contributed by atoms with E-state index in [1.54, 1.807) is 0 Å². The smallest absolute Gasteiger partial charge is 0.00139 e. The number of fused-ring (bicyclic) bond motifs is 3. The highest BCUT2D eigenvalue weighted by atomic mass is 14.3. The van der Waals surface area contributed by atoms with Crippen molar-refractivity contribution in [3.63, 3.8) is 0 Å². The van der Waals surface area contributed by atoms with Crippen LogP contribution in [-0.4, -0.2) is 0 Å². The summed E-state index contributed by atoms with van der Waals surface area (Å²) in [5.41, 5.74) is 18.6. The molecular formula is C66H52. The van der Waals surface area contributed by atoms with Gasteiger partial charge in [0.15, 0.2) is 0 Å². The van der Waals surface area contributed by atoms with Gasteiger partial charge in [0, 0.05) is 0 Å². The molecule has 0 heteroatoms. The number of rotatable bonds is 4. The molecule has 0 amide bonds. The zero-order valence-corrected chi connectivity index (χ0v) is 38.7. The predicted octanol–water partition coefficient (Wildman–Crippen LogP) is 18.5. The monoisotopic (exact) mass is 844 g/mol. The molecule has 0 unspecified atom stereocenters. The lowest BCUT2D eigenvalue weighted by Crippen LogP contribution is -2.11. The van der Waals surface area contributed by atoms with Crippen LogP contribution in [0.15, 0.2) is 182 Å². The first-order chi connectivity index (χ1) is 32.0. The van der Waals surface area contributed by atoms with Gasteiger partial charge >= 0.3 is 0 Å². The second-order valence-corrected chi connectivity index (χ2v) is 21.2. The van der Waals surface area contributed by atoms with Crippen LogP contribution in [0.25, 0.3) is 120 Å². The van der Waals surface area contributed by atoms with Crippen LogP contribution in [-0.2, 0) is 23.7 Å². The molecule has 0 bridgehead atoms. The highest BCUT2D eigenvalue weighted by Gasteiger charge is 2.26. The van der Waals surface area contributed by atoms with E-state index >= 15 is 0 Å². The number of hydrogen-bond donors (Lipinski definition) is 0. The minimum Gasteiger partial charge on any atom is -0.0622 e. The zero-order valence-electron chi connectivity index (χ0n) is 38.7. The average molecular weight is 845 g/mol. The quantitative estimate of drug-likeness (QED) is 0.155. The second kappa shape index (κ2) is 14.1. The minimum absolute atomic E-state index is 0.00772. The fraction of sp³-hybridized carbons (Fsp3) is 0.152. The van der Waals surface area contributed by atoms with E-state index in [-0.39, 0.29) is 10.8 Å². The molecular weight excluding hydrogens is 793 g/mol. The Kier molecular flexibility index (Phi) is 8.36. The molecule has 0 aromatic heterocycles. The van der Waals surface area contributed by atoms with Crippen LogP contribution < -0.4 is 0 Å². The van der Waals surface area contributed by atoms with Crippen molar-refractivity contribution in [1.29, 1.82) is 0 Å². The van der Waals surface area contributed by atoms with E-state index in [0.29, 0.717) is 0 Å². The number of benzene rings is 12. The van der Waals surface area contributed by atoms with Gasteiger partial charge in [0.05, 0.1) is 0 Å². The van der Waals surface area contributed by atoms with E-state index in [4.69, 9.17) is 0 Å². The lowest BCUT2D eigenvalue weighted by atomic mass is 9.77. The maximum absolute atomic E-state index is 2.51. The van der Waals surface area contributed by atoms with Crippen LogP contribution in [0.1, 0.15) is 63.8 Å². The molecule has 1 aliphatic carbocycles. The molecule has 0 saturated carbocycles. The molecule has 0 heterocycles. The molecule has 13 rings (SSSR count). The fourth-order valence-electron chi connectivity index (χ4n) is 11.7. The molecule has 0 aliphatic heterocycles. The lowest BCUT2D eigenvalue weighted by Gasteiger charge is -2.26. The van der Waals surface area contributed by atoms with Crippen LogP contribution in [0.4, 0.5) is 0 Å². The molecule has 0 nitrogen and oxygen atoms in total. The average Bonchev–Trinajstić information content (AvgIpc) is 3.33. The topological polar surface area (TPSA) is 0 Å². The zero-order chi connectivity index (χ0) is 44.6. The molecule has 66 heavy (non-hydrogen) atoms. The SMILES string of the molecule is CC(C)(C)c1cc2ccc3ccc(-c4ccc5c(c4)-c4cc(-c6ccc7c(-c8ccccc8)c(-c8ccccc8)c8cc(C(C)(C)C)cc9ccc6c7c98)ccc4CC5)c4ccc(c1)c2c34. The lowest BCUT2D eigenvalue weighted by molar-refractivity contribution is 0.591. The molecule has 12 aromatic rings. The summed E-state index contributed by atoms with van der Waals surface area (Å²) in [5.74, 6) is 0. The van der Waals surface area contributed by atoms with Gasteiger partial charge in [-0.15, -0.1) is 0 Å². The van der Waals surface area contributed by atoms with Crippen molar-refractivity contribution in [2.45, 2.75) is 65.2 Å². The summed E-state index contributed by atoms with van der Waals surface area (Å²) in [4.78, 5) is 0. The third kappa shape index (κ3) is 5.90. The van der Waals surface area contributed by atoms with E-state index in [1.165, 1.54) is 143 Å². The summed E-state index contributed by atoms with van der Waals surface area (Å²) >= 11 is 0. The van der Waals surface area contributed by atoms with Crippen molar-refractivity contribution in [1.82, 2.24) is 0 Å². The van der Waals surface area contributed by atoms with Gasteiger partial charge in [-0.3, -0.25) is 0 Å². The van der Waals surface area contributed by atoms with E-state index in [1.807, 2.05) is 0 Å². The van der Waals surface area contributed by atoms with E-state index in [9.17, 15) is 0 Å². The van der Waals surface area contributed by atoms with Gasteiger partial charge in [0.1, 0.15) is 0 Å². The van der Waals surface area contributed by atoms with E-state index < -0.39 is 0 Å². The standard InChI is InChI=1S/C66H52/c1-65(2,3)49-33-46-24-21-43-25-28-51(53-29-26-47(34-49)59(46)60(43)53)44-22-19-39-17-18-40-20-23-45(37-57(40)56(39)36-44)52-31-32-55-61(41-13-9-7-10-14-41)62(42-15-11-8-12-16-42)58-38-50(66(4,5)6)35-48-27-30-54(52)64(55)63(48)58/h7-16,19-38H,17-18H2,1-6H3. The molecule has 12 aromatic carbocycles. The van der Waals surface area contributed by atoms with Crippen molar-refractivity contribution in [2.75, 3.05) is 0 Å². The second-order valence-electron chi connectivity index (χ2n) is 21.2. The maximum Gasteiger partial charge on any atom is -0.00139 e. The van der Waals surface area contributed by atoms with E-state index in [2.05, 4.69) is 224 Å². The molecule has 0 radical (unpaired) electrons. The van der Waals surface area contributed by atoms with Crippen molar-refractivity contribution < 1.29 is 0 Å². The molecule has 0 atom stereocenters. The van der Waals surface area contributed by atoms with Gasteiger partial charge in [-0.05, 0) is 184 Å². The van der Waals surface area contributed by atoms with Crippen LogP contribution in [0.2, 0.25) is 0 Å². The van der Waals surface area contributed by atoms with Crippen LogP contribution >= 0.6 is 0 Å².